The Kier molecular flexibility index (Phi) is 3.53. The van der Waals surface area contributed by atoms with Gasteiger partial charge in [-0.05, 0) is 41.5 Å². The largest absolute Gasteiger partial charge is 0.494 e. The summed E-state index contributed by atoms with van der Waals surface area (Å²) >= 11 is 0. The highest BCUT2D eigenvalue weighted by Crippen LogP contribution is 2.40. The number of aromatic nitrogens is 4. The van der Waals surface area contributed by atoms with E-state index in [-0.39, 0.29) is 12.5 Å². The van der Waals surface area contributed by atoms with Crippen molar-refractivity contribution < 1.29 is 9.53 Å². The first-order valence-electron chi connectivity index (χ1n) is 6.69. The van der Waals surface area contributed by atoms with Crippen LogP contribution in [0.2, 0.25) is 0 Å². The van der Waals surface area contributed by atoms with Gasteiger partial charge in [0.25, 0.3) is 0 Å². The lowest BCUT2D eigenvalue weighted by molar-refractivity contribution is -0.114. The number of hydrogen-bond acceptors (Lipinski definition) is 6. The predicted molar refractivity (Wildman–Crippen MR) is 75.4 cm³/mol. The number of nitrogens with zero attached hydrogens (tertiary/aromatic N) is 4. The van der Waals surface area contributed by atoms with E-state index in [1.54, 1.807) is 30.0 Å². The quantitative estimate of drug-likeness (QED) is 0.826. The second-order valence-corrected chi connectivity index (χ2v) is 4.86. The van der Waals surface area contributed by atoms with E-state index in [0.717, 1.165) is 18.7 Å². The summed E-state index contributed by atoms with van der Waals surface area (Å²) in [7, 11) is 1.58. The van der Waals surface area contributed by atoms with Gasteiger partial charge in [-0.15, -0.1) is 5.10 Å². The molecule has 1 amide bonds. The molecule has 8 heteroatoms. The van der Waals surface area contributed by atoms with Gasteiger partial charge in [0.2, 0.25) is 5.91 Å². The molecule has 2 aromatic rings. The van der Waals surface area contributed by atoms with E-state index in [1.807, 2.05) is 0 Å². The Morgan fingerprint density at radius 2 is 2.33 bits per heavy atom. The molecule has 1 saturated carbocycles. The van der Waals surface area contributed by atoms with Gasteiger partial charge in [-0.25, -0.2) is 0 Å². The van der Waals surface area contributed by atoms with Crippen LogP contribution in [0.5, 0.6) is 5.75 Å². The summed E-state index contributed by atoms with van der Waals surface area (Å²) in [6, 6.07) is 5.28. The molecule has 1 heterocycles. The maximum Gasteiger partial charge on any atom is 0.238 e. The van der Waals surface area contributed by atoms with Crippen LogP contribution in [0.1, 0.15) is 24.6 Å². The predicted octanol–water partition coefficient (Wildman–Crippen LogP) is 0.445. The van der Waals surface area contributed by atoms with E-state index in [0.29, 0.717) is 23.0 Å². The number of tetrazole rings is 1. The van der Waals surface area contributed by atoms with Crippen molar-refractivity contribution in [3.8, 4) is 11.4 Å². The van der Waals surface area contributed by atoms with E-state index in [4.69, 9.17) is 10.5 Å². The zero-order valence-corrected chi connectivity index (χ0v) is 11.6. The van der Waals surface area contributed by atoms with Gasteiger partial charge in [-0.3, -0.25) is 4.79 Å². The van der Waals surface area contributed by atoms with Crippen LogP contribution in [0.3, 0.4) is 0 Å². The van der Waals surface area contributed by atoms with Crippen LogP contribution in [0.25, 0.3) is 5.69 Å². The van der Waals surface area contributed by atoms with Crippen molar-refractivity contribution in [1.29, 1.82) is 0 Å². The Labute approximate surface area is 121 Å². The van der Waals surface area contributed by atoms with Crippen molar-refractivity contribution in [2.45, 2.75) is 18.8 Å². The molecule has 1 fully saturated rings. The van der Waals surface area contributed by atoms with Crippen LogP contribution < -0.4 is 15.8 Å². The van der Waals surface area contributed by atoms with Crippen LogP contribution in [-0.4, -0.2) is 39.8 Å². The molecule has 3 N–H and O–H groups in total. The van der Waals surface area contributed by atoms with Crippen molar-refractivity contribution in [2.24, 2.45) is 5.73 Å². The lowest BCUT2D eigenvalue weighted by Crippen LogP contribution is -2.22. The fourth-order valence-corrected chi connectivity index (χ4v) is 2.11. The third-order valence-corrected chi connectivity index (χ3v) is 3.31. The molecule has 110 valence electrons. The number of carbonyl (C=O) groups is 1. The topological polar surface area (TPSA) is 108 Å². The van der Waals surface area contributed by atoms with Crippen molar-refractivity contribution in [2.75, 3.05) is 19.0 Å². The molecule has 3 rings (SSSR count). The molecular formula is C13H16N6O2. The van der Waals surface area contributed by atoms with E-state index in [2.05, 4.69) is 20.8 Å². The zero-order chi connectivity index (χ0) is 14.8. The van der Waals surface area contributed by atoms with Gasteiger partial charge in [-0.2, -0.15) is 4.68 Å². The number of rotatable bonds is 5. The summed E-state index contributed by atoms with van der Waals surface area (Å²) in [5.74, 6) is 1.59. The molecule has 1 aliphatic rings. The monoisotopic (exact) mass is 288 g/mol. The van der Waals surface area contributed by atoms with Crippen LogP contribution in [0.15, 0.2) is 18.2 Å². The van der Waals surface area contributed by atoms with E-state index < -0.39 is 0 Å². The van der Waals surface area contributed by atoms with E-state index in [9.17, 15) is 4.79 Å². The lowest BCUT2D eigenvalue weighted by atomic mass is 10.2. The molecule has 0 bridgehead atoms. The lowest BCUT2D eigenvalue weighted by Gasteiger charge is -2.12. The Morgan fingerprint density at radius 1 is 1.52 bits per heavy atom. The summed E-state index contributed by atoms with van der Waals surface area (Å²) in [5.41, 5.74) is 6.62. The number of amides is 1. The van der Waals surface area contributed by atoms with Crippen LogP contribution in [0, 0.1) is 0 Å². The zero-order valence-electron chi connectivity index (χ0n) is 11.6. The molecule has 0 atom stereocenters. The first-order valence-corrected chi connectivity index (χ1v) is 6.69. The van der Waals surface area contributed by atoms with Gasteiger partial charge in [0, 0.05) is 11.6 Å². The molecule has 0 saturated heterocycles. The SMILES string of the molecule is COc1ccc(NC(=O)CN)cc1-n1nnnc1C1CC1. The maximum absolute atomic E-state index is 11.4. The molecule has 0 radical (unpaired) electrons. The van der Waals surface area contributed by atoms with Crippen molar-refractivity contribution in [3.63, 3.8) is 0 Å². The van der Waals surface area contributed by atoms with Crippen LogP contribution >= 0.6 is 0 Å². The number of nitrogens with two attached hydrogens (primary N) is 1. The maximum atomic E-state index is 11.4. The van der Waals surface area contributed by atoms with Crippen LogP contribution in [-0.2, 0) is 4.79 Å². The van der Waals surface area contributed by atoms with Crippen molar-refractivity contribution in [1.82, 2.24) is 20.2 Å². The Bertz CT molecular complexity index is 664. The molecular weight excluding hydrogens is 272 g/mol. The van der Waals surface area contributed by atoms with E-state index >= 15 is 0 Å². The molecule has 0 spiro atoms. The highest BCUT2D eigenvalue weighted by molar-refractivity contribution is 5.92. The number of nitrogens with one attached hydrogen (secondary N) is 1. The molecule has 21 heavy (non-hydrogen) atoms. The molecule has 1 aliphatic carbocycles. The number of ether oxygens (including phenoxy) is 1. The summed E-state index contributed by atoms with van der Waals surface area (Å²) in [6.07, 6.45) is 2.18. The minimum absolute atomic E-state index is 0.0699. The third-order valence-electron chi connectivity index (χ3n) is 3.31. The van der Waals surface area contributed by atoms with Gasteiger partial charge in [0.15, 0.2) is 5.82 Å². The minimum atomic E-state index is -0.259. The van der Waals surface area contributed by atoms with Gasteiger partial charge in [-0.1, -0.05) is 0 Å². The second-order valence-electron chi connectivity index (χ2n) is 4.86. The Morgan fingerprint density at radius 3 is 3.00 bits per heavy atom. The molecule has 1 aromatic carbocycles. The van der Waals surface area contributed by atoms with Crippen molar-refractivity contribution in [3.05, 3.63) is 24.0 Å². The van der Waals surface area contributed by atoms with Gasteiger partial charge >= 0.3 is 0 Å². The fourth-order valence-electron chi connectivity index (χ4n) is 2.11. The fraction of sp³-hybridized carbons (Fsp3) is 0.385. The molecule has 1 aromatic heterocycles. The van der Waals surface area contributed by atoms with Crippen LogP contribution in [0.4, 0.5) is 5.69 Å². The Hall–Kier alpha value is -2.48. The number of anilines is 1. The summed E-state index contributed by atoms with van der Waals surface area (Å²) in [4.78, 5) is 11.4. The highest BCUT2D eigenvalue weighted by atomic mass is 16.5. The smallest absolute Gasteiger partial charge is 0.238 e. The summed E-state index contributed by atoms with van der Waals surface area (Å²) in [5, 5.41) is 14.6. The number of carbonyl (C=O) groups excluding carboxylic acids is 1. The molecule has 0 unspecified atom stereocenters. The van der Waals surface area contributed by atoms with Gasteiger partial charge < -0.3 is 15.8 Å². The van der Waals surface area contributed by atoms with E-state index in [1.165, 1.54) is 0 Å². The number of benzene rings is 1. The normalized spacial score (nSPS) is 14.0. The number of hydrogen-bond donors (Lipinski definition) is 2. The standard InChI is InChI=1S/C13H16N6O2/c1-21-11-5-4-9(15-12(20)7-14)6-10(11)19-13(8-2-3-8)16-17-18-19/h4-6,8H,2-3,7,14H2,1H3,(H,15,20). The molecule has 0 aliphatic heterocycles. The first kappa shape index (κ1) is 13.5. The second kappa shape index (κ2) is 5.49. The average Bonchev–Trinajstić information content (AvgIpc) is 3.24. The Balaban J connectivity index is 2.00. The molecule has 8 nitrogen and oxygen atoms in total. The van der Waals surface area contributed by atoms with Gasteiger partial charge in [0.1, 0.15) is 11.4 Å². The third kappa shape index (κ3) is 2.70. The minimum Gasteiger partial charge on any atom is -0.494 e. The first-order chi connectivity index (χ1) is 10.2. The number of methoxy groups -OCH3 is 1. The summed E-state index contributed by atoms with van der Waals surface area (Å²) < 4.78 is 7.02. The van der Waals surface area contributed by atoms with Gasteiger partial charge in [0.05, 0.1) is 13.7 Å². The average molecular weight is 288 g/mol. The highest BCUT2D eigenvalue weighted by Gasteiger charge is 2.30. The summed E-state index contributed by atoms with van der Waals surface area (Å²) in [6.45, 7) is -0.0699. The van der Waals surface area contributed by atoms with Crippen molar-refractivity contribution >= 4 is 11.6 Å².